The van der Waals surface area contributed by atoms with Crippen molar-refractivity contribution in [2.24, 2.45) is 0 Å². The third kappa shape index (κ3) is 5.70. The first kappa shape index (κ1) is 20.7. The summed E-state index contributed by atoms with van der Waals surface area (Å²) in [5.74, 6) is 5.07. The summed E-state index contributed by atoms with van der Waals surface area (Å²) in [6.07, 6.45) is -6.03. The van der Waals surface area contributed by atoms with Gasteiger partial charge in [-0.15, -0.1) is 13.2 Å². The van der Waals surface area contributed by atoms with E-state index in [1.54, 1.807) is 24.3 Å². The number of methoxy groups -OCH3 is 3. The summed E-state index contributed by atoms with van der Waals surface area (Å²) in [6, 6.07) is 7.93. The van der Waals surface area contributed by atoms with Crippen LogP contribution in [-0.4, -0.2) is 38.8 Å². The lowest BCUT2D eigenvalue weighted by molar-refractivity contribution is -0.275. The van der Waals surface area contributed by atoms with E-state index in [2.05, 4.69) is 31.6 Å². The van der Waals surface area contributed by atoms with Crippen molar-refractivity contribution in [2.75, 3.05) is 26.6 Å². The van der Waals surface area contributed by atoms with E-state index >= 15 is 0 Å². The number of amides is 1. The molecule has 2 rings (SSSR count). The van der Waals surface area contributed by atoms with E-state index in [1.807, 2.05) is 0 Å². The molecule has 0 aliphatic heterocycles. The number of benzene rings is 1. The highest BCUT2D eigenvalue weighted by molar-refractivity contribution is 5.86. The smallest absolute Gasteiger partial charge is 0.497 e. The molecular weight excluding hydrogens is 381 g/mol. The molecule has 1 aromatic carbocycles. The molecule has 0 fully saturated rings. The number of ether oxygens (including phenoxy) is 4. The molecule has 0 aliphatic rings. The maximum Gasteiger partial charge on any atom is 0.574 e. The number of rotatable bonds is 4. The molecule has 0 atom stereocenters. The van der Waals surface area contributed by atoms with Crippen molar-refractivity contribution >= 4 is 11.8 Å². The molecule has 0 saturated heterocycles. The molecule has 1 amide bonds. The van der Waals surface area contributed by atoms with Gasteiger partial charge >= 0.3 is 12.5 Å². The number of aromatic nitrogens is 1. The molecule has 2 aromatic rings. The van der Waals surface area contributed by atoms with Crippen LogP contribution in [0.1, 0.15) is 11.1 Å². The van der Waals surface area contributed by atoms with Crippen LogP contribution in [0.2, 0.25) is 0 Å². The van der Waals surface area contributed by atoms with Crippen LogP contribution in [0, 0.1) is 11.8 Å². The summed E-state index contributed by atoms with van der Waals surface area (Å²) in [6.45, 7) is 0. The fourth-order valence-corrected chi connectivity index (χ4v) is 1.98. The Morgan fingerprint density at radius 2 is 1.71 bits per heavy atom. The van der Waals surface area contributed by atoms with Crippen molar-refractivity contribution < 1.29 is 36.9 Å². The van der Waals surface area contributed by atoms with Gasteiger partial charge < -0.3 is 18.9 Å². The molecule has 1 aromatic heterocycles. The first-order valence-electron chi connectivity index (χ1n) is 7.61. The van der Waals surface area contributed by atoms with Crippen LogP contribution in [0.3, 0.4) is 0 Å². The SMILES string of the molecule is COC(=O)Nc1cc(C#Cc2ccc(OC)cc2)c(OC)nc1OC(F)(F)F. The van der Waals surface area contributed by atoms with Crippen molar-refractivity contribution in [1.82, 2.24) is 4.98 Å². The summed E-state index contributed by atoms with van der Waals surface area (Å²) in [4.78, 5) is 15.1. The quantitative estimate of drug-likeness (QED) is 0.796. The molecule has 0 spiro atoms. The molecule has 1 N–H and O–H groups in total. The Hall–Kier alpha value is -3.61. The third-order valence-corrected chi connectivity index (χ3v) is 3.21. The molecule has 1 heterocycles. The Labute approximate surface area is 158 Å². The van der Waals surface area contributed by atoms with Crippen LogP contribution >= 0.6 is 0 Å². The van der Waals surface area contributed by atoms with Crippen LogP contribution in [0.4, 0.5) is 23.7 Å². The predicted octanol–water partition coefficient (Wildman–Crippen LogP) is 3.58. The minimum atomic E-state index is -5.03. The largest absolute Gasteiger partial charge is 0.574 e. The molecule has 148 valence electrons. The van der Waals surface area contributed by atoms with E-state index in [1.165, 1.54) is 14.2 Å². The topological polar surface area (TPSA) is 78.9 Å². The highest BCUT2D eigenvalue weighted by atomic mass is 19.4. The van der Waals surface area contributed by atoms with Gasteiger partial charge in [-0.05, 0) is 30.3 Å². The van der Waals surface area contributed by atoms with Crippen molar-refractivity contribution in [3.63, 3.8) is 0 Å². The van der Waals surface area contributed by atoms with Crippen molar-refractivity contribution in [2.45, 2.75) is 6.36 Å². The summed E-state index contributed by atoms with van der Waals surface area (Å²) >= 11 is 0. The second kappa shape index (κ2) is 8.85. The minimum absolute atomic E-state index is 0.124. The van der Waals surface area contributed by atoms with Crippen LogP contribution < -0.4 is 19.5 Å². The first-order valence-corrected chi connectivity index (χ1v) is 7.61. The third-order valence-electron chi connectivity index (χ3n) is 3.21. The van der Waals surface area contributed by atoms with Crippen LogP contribution in [0.5, 0.6) is 17.5 Å². The standard InChI is InChI=1S/C18H15F3N2O5/c1-25-13-8-5-11(6-9-13)4-7-12-10-14(22-17(24)27-3)16(23-15(12)26-2)28-18(19,20)21/h5-6,8-10H,1-3H3,(H,22,24). The number of hydrogen-bond acceptors (Lipinski definition) is 6. The number of carbonyl (C=O) groups excluding carboxylic acids is 1. The van der Waals surface area contributed by atoms with Gasteiger partial charge in [-0.25, -0.2) is 4.79 Å². The van der Waals surface area contributed by atoms with Gasteiger partial charge in [-0.3, -0.25) is 5.32 Å². The lowest BCUT2D eigenvalue weighted by Gasteiger charge is -2.14. The predicted molar refractivity (Wildman–Crippen MR) is 92.5 cm³/mol. The Morgan fingerprint density at radius 1 is 1.04 bits per heavy atom. The van der Waals surface area contributed by atoms with Gasteiger partial charge in [-0.2, -0.15) is 4.98 Å². The highest BCUT2D eigenvalue weighted by Crippen LogP contribution is 2.33. The Balaban J connectivity index is 2.46. The van der Waals surface area contributed by atoms with Gasteiger partial charge in [0.15, 0.2) is 0 Å². The maximum absolute atomic E-state index is 12.6. The van der Waals surface area contributed by atoms with Gasteiger partial charge in [-0.1, -0.05) is 11.8 Å². The van der Waals surface area contributed by atoms with Crippen molar-refractivity contribution in [1.29, 1.82) is 0 Å². The first-order chi connectivity index (χ1) is 13.3. The summed E-state index contributed by atoms with van der Waals surface area (Å²) in [5.41, 5.74) is 0.351. The summed E-state index contributed by atoms with van der Waals surface area (Å²) in [5, 5.41) is 2.10. The van der Waals surface area contributed by atoms with Gasteiger partial charge in [0.1, 0.15) is 11.4 Å². The number of pyridine rings is 1. The molecule has 28 heavy (non-hydrogen) atoms. The number of carbonyl (C=O) groups is 1. The zero-order chi connectivity index (χ0) is 20.7. The zero-order valence-corrected chi connectivity index (χ0v) is 15.0. The van der Waals surface area contributed by atoms with Crippen LogP contribution in [0.25, 0.3) is 0 Å². The average molecular weight is 396 g/mol. The summed E-state index contributed by atoms with van der Waals surface area (Å²) < 4.78 is 56.1. The Kier molecular flexibility index (Phi) is 6.55. The fourth-order valence-electron chi connectivity index (χ4n) is 1.98. The number of hydrogen-bond donors (Lipinski definition) is 1. The monoisotopic (exact) mass is 396 g/mol. The fraction of sp³-hybridized carbons (Fsp3) is 0.222. The van der Waals surface area contributed by atoms with E-state index in [0.717, 1.165) is 13.2 Å². The Bertz CT molecular complexity index is 902. The summed E-state index contributed by atoms with van der Waals surface area (Å²) in [7, 11) is 3.80. The average Bonchev–Trinajstić information content (AvgIpc) is 2.66. The van der Waals surface area contributed by atoms with E-state index in [-0.39, 0.29) is 17.1 Å². The number of nitrogens with one attached hydrogen (secondary N) is 1. The lowest BCUT2D eigenvalue weighted by Crippen LogP contribution is -2.21. The van der Waals surface area contributed by atoms with E-state index < -0.39 is 18.3 Å². The molecule has 0 bridgehead atoms. The molecule has 7 nitrogen and oxygen atoms in total. The van der Waals surface area contributed by atoms with Gasteiger partial charge in [0.05, 0.1) is 26.9 Å². The van der Waals surface area contributed by atoms with Gasteiger partial charge in [0.2, 0.25) is 11.8 Å². The molecule has 0 radical (unpaired) electrons. The molecule has 10 heteroatoms. The highest BCUT2D eigenvalue weighted by Gasteiger charge is 2.34. The minimum Gasteiger partial charge on any atom is -0.497 e. The lowest BCUT2D eigenvalue weighted by atomic mass is 10.2. The second-order valence-electron chi connectivity index (χ2n) is 5.04. The van der Waals surface area contributed by atoms with E-state index in [4.69, 9.17) is 9.47 Å². The normalized spacial score (nSPS) is 10.4. The van der Waals surface area contributed by atoms with E-state index in [9.17, 15) is 18.0 Å². The number of halogens is 3. The second-order valence-corrected chi connectivity index (χ2v) is 5.04. The number of nitrogens with zero attached hydrogens (tertiary/aromatic N) is 1. The Morgan fingerprint density at radius 3 is 2.25 bits per heavy atom. The molecule has 0 aliphatic carbocycles. The van der Waals surface area contributed by atoms with Crippen molar-refractivity contribution in [3.8, 4) is 29.4 Å². The number of anilines is 1. The van der Waals surface area contributed by atoms with Crippen LogP contribution in [0.15, 0.2) is 30.3 Å². The maximum atomic E-state index is 12.6. The molecule has 0 unspecified atom stereocenters. The van der Waals surface area contributed by atoms with Crippen molar-refractivity contribution in [3.05, 3.63) is 41.5 Å². The number of alkyl halides is 3. The van der Waals surface area contributed by atoms with Gasteiger partial charge in [0, 0.05) is 5.56 Å². The molecular formula is C18H15F3N2O5. The van der Waals surface area contributed by atoms with E-state index in [0.29, 0.717) is 11.3 Å². The van der Waals surface area contributed by atoms with Crippen LogP contribution in [-0.2, 0) is 4.74 Å². The zero-order valence-electron chi connectivity index (χ0n) is 15.0. The van der Waals surface area contributed by atoms with Gasteiger partial charge in [0.25, 0.3) is 0 Å². The molecule has 0 saturated carbocycles.